The molecule has 0 heterocycles. The summed E-state index contributed by atoms with van der Waals surface area (Å²) < 4.78 is 13.0. The first-order valence-corrected chi connectivity index (χ1v) is 7.16. The Morgan fingerprint density at radius 3 is 2.89 bits per heavy atom. The van der Waals surface area contributed by atoms with Crippen LogP contribution in [0.4, 0.5) is 4.39 Å². The van der Waals surface area contributed by atoms with Crippen molar-refractivity contribution < 1.29 is 4.39 Å². The van der Waals surface area contributed by atoms with Crippen LogP contribution >= 0.6 is 11.6 Å². The molecule has 2 atom stereocenters. The molecule has 2 rings (SSSR count). The molecule has 1 saturated carbocycles. The SMILES string of the molecule is CCC1CCCCC1(N)Cc1ccc(F)cc1Cl. The monoisotopic (exact) mass is 269 g/mol. The van der Waals surface area contributed by atoms with Crippen LogP contribution in [0.25, 0.3) is 0 Å². The Labute approximate surface area is 114 Å². The van der Waals surface area contributed by atoms with Crippen LogP contribution in [0.15, 0.2) is 18.2 Å². The molecule has 1 nitrogen and oxygen atoms in total. The summed E-state index contributed by atoms with van der Waals surface area (Å²) in [5.41, 5.74) is 7.40. The highest BCUT2D eigenvalue weighted by atomic mass is 35.5. The first kappa shape index (κ1) is 13.8. The Bertz CT molecular complexity index is 421. The van der Waals surface area contributed by atoms with Crippen LogP contribution in [0.5, 0.6) is 0 Å². The van der Waals surface area contributed by atoms with Crippen molar-refractivity contribution in [3.8, 4) is 0 Å². The molecule has 100 valence electrons. The second kappa shape index (κ2) is 5.58. The van der Waals surface area contributed by atoms with E-state index < -0.39 is 0 Å². The highest BCUT2D eigenvalue weighted by Crippen LogP contribution is 2.37. The van der Waals surface area contributed by atoms with Gasteiger partial charge in [-0.15, -0.1) is 0 Å². The highest BCUT2D eigenvalue weighted by molar-refractivity contribution is 6.31. The summed E-state index contributed by atoms with van der Waals surface area (Å²) in [6.07, 6.45) is 6.56. The fourth-order valence-electron chi connectivity index (χ4n) is 3.20. The molecule has 1 aliphatic carbocycles. The number of rotatable bonds is 3. The van der Waals surface area contributed by atoms with Crippen LogP contribution in [0, 0.1) is 11.7 Å². The van der Waals surface area contributed by atoms with Crippen LogP contribution < -0.4 is 5.73 Å². The van der Waals surface area contributed by atoms with Gasteiger partial charge in [0.15, 0.2) is 0 Å². The summed E-state index contributed by atoms with van der Waals surface area (Å²) in [5, 5.41) is 0.500. The summed E-state index contributed by atoms with van der Waals surface area (Å²) in [4.78, 5) is 0. The van der Waals surface area contributed by atoms with Gasteiger partial charge in [0.05, 0.1) is 0 Å². The smallest absolute Gasteiger partial charge is 0.124 e. The normalized spacial score (nSPS) is 28.3. The molecule has 0 aliphatic heterocycles. The molecule has 2 unspecified atom stereocenters. The third kappa shape index (κ3) is 2.86. The predicted molar refractivity (Wildman–Crippen MR) is 74.3 cm³/mol. The zero-order chi connectivity index (χ0) is 13.2. The number of nitrogens with two attached hydrogens (primary N) is 1. The van der Waals surface area contributed by atoms with Gasteiger partial charge in [0.2, 0.25) is 0 Å². The van der Waals surface area contributed by atoms with E-state index in [1.54, 1.807) is 6.07 Å². The van der Waals surface area contributed by atoms with Crippen LogP contribution in [-0.2, 0) is 6.42 Å². The molecule has 0 amide bonds. The quantitative estimate of drug-likeness (QED) is 0.869. The van der Waals surface area contributed by atoms with Crippen LogP contribution in [0.3, 0.4) is 0 Å². The van der Waals surface area contributed by atoms with Gasteiger partial charge in [-0.05, 0) is 42.9 Å². The van der Waals surface area contributed by atoms with E-state index in [0.29, 0.717) is 10.9 Å². The van der Waals surface area contributed by atoms with Gasteiger partial charge in [0.25, 0.3) is 0 Å². The Morgan fingerprint density at radius 2 is 2.22 bits per heavy atom. The summed E-state index contributed by atoms with van der Waals surface area (Å²) in [6.45, 7) is 2.20. The fraction of sp³-hybridized carbons (Fsp3) is 0.600. The molecule has 2 N–H and O–H groups in total. The first-order valence-electron chi connectivity index (χ1n) is 6.78. The molecule has 3 heteroatoms. The Morgan fingerprint density at radius 1 is 1.44 bits per heavy atom. The van der Waals surface area contributed by atoms with Crippen molar-refractivity contribution >= 4 is 11.6 Å². The molecule has 0 spiro atoms. The molecule has 0 radical (unpaired) electrons. The molecular weight excluding hydrogens is 249 g/mol. The van der Waals surface area contributed by atoms with Crippen LogP contribution in [-0.4, -0.2) is 5.54 Å². The standard InChI is InChI=1S/C15H21ClFN/c1-2-12-5-3-4-8-15(12,18)10-11-6-7-13(17)9-14(11)16/h6-7,9,12H,2-5,8,10,18H2,1H3. The number of hydrogen-bond donors (Lipinski definition) is 1. The Kier molecular flexibility index (Phi) is 4.29. The molecule has 18 heavy (non-hydrogen) atoms. The van der Waals surface area contributed by atoms with E-state index >= 15 is 0 Å². The number of halogens is 2. The first-order chi connectivity index (χ1) is 8.55. The van der Waals surface area contributed by atoms with E-state index in [1.807, 2.05) is 0 Å². The minimum Gasteiger partial charge on any atom is -0.325 e. The van der Waals surface area contributed by atoms with Crippen molar-refractivity contribution in [3.05, 3.63) is 34.6 Å². The Hall–Kier alpha value is -0.600. The van der Waals surface area contributed by atoms with Crippen molar-refractivity contribution in [2.45, 2.75) is 51.0 Å². The lowest BCUT2D eigenvalue weighted by Crippen LogP contribution is -2.50. The minimum absolute atomic E-state index is 0.172. The van der Waals surface area contributed by atoms with Gasteiger partial charge < -0.3 is 5.73 Å². The minimum atomic E-state index is -0.287. The number of benzene rings is 1. The zero-order valence-corrected chi connectivity index (χ0v) is 11.6. The molecular formula is C15H21ClFN. The van der Waals surface area contributed by atoms with Crippen molar-refractivity contribution in [1.82, 2.24) is 0 Å². The van der Waals surface area contributed by atoms with Gasteiger partial charge in [0.1, 0.15) is 5.82 Å². The molecule has 1 fully saturated rings. The lowest BCUT2D eigenvalue weighted by atomic mass is 9.69. The third-order valence-electron chi connectivity index (χ3n) is 4.29. The summed E-state index contributed by atoms with van der Waals surface area (Å²) in [5.74, 6) is 0.262. The van der Waals surface area contributed by atoms with Crippen LogP contribution in [0.2, 0.25) is 5.02 Å². The molecule has 1 aliphatic rings. The van der Waals surface area contributed by atoms with Gasteiger partial charge in [-0.1, -0.05) is 43.9 Å². The lowest BCUT2D eigenvalue weighted by molar-refractivity contribution is 0.182. The van der Waals surface area contributed by atoms with Gasteiger partial charge in [-0.2, -0.15) is 0 Å². The van der Waals surface area contributed by atoms with Crippen LogP contribution in [0.1, 0.15) is 44.6 Å². The largest absolute Gasteiger partial charge is 0.325 e. The maximum absolute atomic E-state index is 13.0. The predicted octanol–water partition coefficient (Wildman–Crippen LogP) is 4.32. The topological polar surface area (TPSA) is 26.0 Å². The maximum atomic E-state index is 13.0. The third-order valence-corrected chi connectivity index (χ3v) is 4.64. The van der Waals surface area contributed by atoms with Crippen molar-refractivity contribution in [2.24, 2.45) is 11.7 Å². The second-order valence-electron chi connectivity index (χ2n) is 5.50. The van der Waals surface area contributed by atoms with Crippen molar-refractivity contribution in [1.29, 1.82) is 0 Å². The van der Waals surface area contributed by atoms with E-state index in [0.717, 1.165) is 24.8 Å². The van der Waals surface area contributed by atoms with E-state index in [-0.39, 0.29) is 11.4 Å². The summed E-state index contributed by atoms with van der Waals surface area (Å²) in [6, 6.07) is 4.62. The molecule has 0 bridgehead atoms. The second-order valence-corrected chi connectivity index (χ2v) is 5.90. The highest BCUT2D eigenvalue weighted by Gasteiger charge is 2.36. The fourth-order valence-corrected chi connectivity index (χ4v) is 3.43. The van der Waals surface area contributed by atoms with E-state index in [4.69, 9.17) is 17.3 Å². The summed E-state index contributed by atoms with van der Waals surface area (Å²) in [7, 11) is 0. The molecule has 1 aromatic carbocycles. The molecule has 0 saturated heterocycles. The van der Waals surface area contributed by atoms with Gasteiger partial charge in [-0.25, -0.2) is 4.39 Å². The van der Waals surface area contributed by atoms with Crippen molar-refractivity contribution in [2.75, 3.05) is 0 Å². The average molecular weight is 270 g/mol. The number of hydrogen-bond acceptors (Lipinski definition) is 1. The maximum Gasteiger partial charge on any atom is 0.124 e. The van der Waals surface area contributed by atoms with Gasteiger partial charge >= 0.3 is 0 Å². The summed E-state index contributed by atoms with van der Waals surface area (Å²) >= 11 is 6.11. The average Bonchev–Trinajstić information content (AvgIpc) is 2.33. The van der Waals surface area contributed by atoms with E-state index in [9.17, 15) is 4.39 Å². The van der Waals surface area contributed by atoms with Crippen molar-refractivity contribution in [3.63, 3.8) is 0 Å². The van der Waals surface area contributed by atoms with E-state index in [2.05, 4.69) is 6.92 Å². The Balaban J connectivity index is 2.20. The zero-order valence-electron chi connectivity index (χ0n) is 10.9. The van der Waals surface area contributed by atoms with Gasteiger partial charge in [-0.3, -0.25) is 0 Å². The lowest BCUT2D eigenvalue weighted by Gasteiger charge is -2.41. The van der Waals surface area contributed by atoms with E-state index in [1.165, 1.54) is 31.4 Å². The molecule has 0 aromatic heterocycles. The van der Waals surface area contributed by atoms with Gasteiger partial charge in [0, 0.05) is 10.6 Å². The molecule has 1 aromatic rings.